The summed E-state index contributed by atoms with van der Waals surface area (Å²) in [5.41, 5.74) is 14.4. The summed E-state index contributed by atoms with van der Waals surface area (Å²) >= 11 is 3.59. The maximum Gasteiger partial charge on any atom is 0.0122 e. The van der Waals surface area contributed by atoms with E-state index < -0.39 is 0 Å². The van der Waals surface area contributed by atoms with Gasteiger partial charge in [0.15, 0.2) is 0 Å². The standard InChI is InChI=1S/C52H36S2/c1-5-13-37(14-6-1)49-41-21-29-45(30-22-41)53-47-33-25-43(26-34-47)51(39-17-9-3-10-18-39)52(40-19-11-4-12-20-40)44-27-35-48(36-28-44)54-46-31-23-42(24-32-46)50(49)38-15-7-2-8-16-38/h1-36H. The predicted molar refractivity (Wildman–Crippen MR) is 230 cm³/mol. The minimum atomic E-state index is 1.19. The average Bonchev–Trinajstić information content (AvgIpc) is 3.24. The lowest BCUT2D eigenvalue weighted by atomic mass is 9.86. The zero-order valence-electron chi connectivity index (χ0n) is 29.6. The van der Waals surface area contributed by atoms with E-state index in [1.807, 2.05) is 0 Å². The zero-order chi connectivity index (χ0) is 36.1. The van der Waals surface area contributed by atoms with Crippen molar-refractivity contribution in [3.05, 3.63) is 263 Å². The summed E-state index contributed by atoms with van der Waals surface area (Å²) in [5, 5.41) is 0. The molecule has 256 valence electrons. The lowest BCUT2D eigenvalue weighted by Crippen LogP contribution is -1.98. The first kappa shape index (κ1) is 33.8. The lowest BCUT2D eigenvalue weighted by molar-refractivity contribution is 1.37. The SMILES string of the molecule is c1ccc(C2=C(c3ccccc3)c3ccc(cc3)Sc3ccc(cc3)C(c3ccccc3)=C(c3ccccc3)c3ccc(cc3)Sc3ccc2cc3)cc1. The second-order valence-corrected chi connectivity index (χ2v) is 15.6. The molecule has 0 aromatic heterocycles. The van der Waals surface area contributed by atoms with E-state index in [1.165, 1.54) is 86.4 Å². The third-order valence-electron chi connectivity index (χ3n) is 9.79. The molecule has 0 N–H and O–H groups in total. The molecule has 0 saturated carbocycles. The normalized spacial score (nSPS) is 12.9. The van der Waals surface area contributed by atoms with Gasteiger partial charge < -0.3 is 0 Å². The van der Waals surface area contributed by atoms with Gasteiger partial charge in [-0.3, -0.25) is 0 Å². The molecule has 7 heterocycles. The van der Waals surface area contributed by atoms with Crippen LogP contribution in [0, 0.1) is 0 Å². The number of benzene rings is 8. The van der Waals surface area contributed by atoms with Crippen LogP contribution in [0.25, 0.3) is 22.3 Å². The molecule has 0 radical (unpaired) electrons. The lowest BCUT2D eigenvalue weighted by Gasteiger charge is -2.19. The summed E-state index contributed by atoms with van der Waals surface area (Å²) < 4.78 is 0. The van der Waals surface area contributed by atoms with Crippen molar-refractivity contribution >= 4 is 45.8 Å². The Hall–Kier alpha value is -6.06. The summed E-state index contributed by atoms with van der Waals surface area (Å²) in [4.78, 5) is 4.81. The number of rotatable bonds is 4. The molecule has 7 aliphatic rings. The first-order valence-corrected chi connectivity index (χ1v) is 19.9. The van der Waals surface area contributed by atoms with E-state index in [1.54, 1.807) is 23.5 Å². The molecule has 0 fully saturated rings. The summed E-state index contributed by atoms with van der Waals surface area (Å²) in [5.74, 6) is 0. The molecule has 54 heavy (non-hydrogen) atoms. The predicted octanol–water partition coefficient (Wildman–Crippen LogP) is 14.3. The molecule has 2 heteroatoms. The molecule has 0 unspecified atom stereocenters. The van der Waals surface area contributed by atoms with Crippen molar-refractivity contribution in [2.45, 2.75) is 19.6 Å². The van der Waals surface area contributed by atoms with Gasteiger partial charge in [-0.15, -0.1) is 0 Å². The van der Waals surface area contributed by atoms with Crippen molar-refractivity contribution < 1.29 is 0 Å². The van der Waals surface area contributed by atoms with Crippen LogP contribution in [0.15, 0.2) is 238 Å². The van der Waals surface area contributed by atoms with Crippen LogP contribution < -0.4 is 0 Å². The van der Waals surface area contributed by atoms with Gasteiger partial charge in [0.2, 0.25) is 0 Å². The number of hydrogen-bond donors (Lipinski definition) is 0. The third-order valence-corrected chi connectivity index (χ3v) is 11.8. The minimum Gasteiger partial charge on any atom is -0.0901 e. The topological polar surface area (TPSA) is 0 Å². The van der Waals surface area contributed by atoms with Gasteiger partial charge in [-0.05, 0) is 115 Å². The van der Waals surface area contributed by atoms with E-state index in [0.717, 1.165) is 0 Å². The molecule has 0 spiro atoms. The van der Waals surface area contributed by atoms with Gasteiger partial charge >= 0.3 is 0 Å². The fourth-order valence-electron chi connectivity index (χ4n) is 7.27. The second kappa shape index (κ2) is 15.5. The molecule has 0 atom stereocenters. The van der Waals surface area contributed by atoms with Crippen LogP contribution in [0.3, 0.4) is 0 Å². The van der Waals surface area contributed by atoms with Gasteiger partial charge in [-0.1, -0.05) is 193 Å². The van der Waals surface area contributed by atoms with Crippen LogP contribution in [0.4, 0.5) is 0 Å². The summed E-state index contributed by atoms with van der Waals surface area (Å²) in [6.07, 6.45) is 0. The summed E-state index contributed by atoms with van der Waals surface area (Å²) in [6, 6.07) is 79.5. The molecule has 0 aliphatic carbocycles. The van der Waals surface area contributed by atoms with Crippen molar-refractivity contribution in [1.29, 1.82) is 0 Å². The Kier molecular flexibility index (Phi) is 9.69. The fourth-order valence-corrected chi connectivity index (χ4v) is 8.90. The molecule has 8 aromatic carbocycles. The van der Waals surface area contributed by atoms with Gasteiger partial charge in [0.25, 0.3) is 0 Å². The highest BCUT2D eigenvalue weighted by Gasteiger charge is 2.19. The highest BCUT2D eigenvalue weighted by atomic mass is 32.2. The molecule has 8 bridgehead atoms. The molecular weight excluding hydrogens is 689 g/mol. The monoisotopic (exact) mass is 724 g/mol. The maximum atomic E-state index is 2.28. The molecule has 15 rings (SSSR count). The van der Waals surface area contributed by atoms with E-state index in [2.05, 4.69) is 218 Å². The third kappa shape index (κ3) is 7.15. The van der Waals surface area contributed by atoms with Gasteiger partial charge in [0.1, 0.15) is 0 Å². The van der Waals surface area contributed by atoms with Crippen molar-refractivity contribution in [2.24, 2.45) is 0 Å². The smallest absolute Gasteiger partial charge is 0.0122 e. The Labute approximate surface area is 326 Å². The Morgan fingerprint density at radius 3 is 0.519 bits per heavy atom. The number of hydrogen-bond acceptors (Lipinski definition) is 2. The van der Waals surface area contributed by atoms with Crippen LogP contribution >= 0.6 is 23.5 Å². The van der Waals surface area contributed by atoms with E-state index in [0.29, 0.717) is 0 Å². The Morgan fingerprint density at radius 1 is 0.167 bits per heavy atom. The molecule has 0 amide bonds. The first-order valence-electron chi connectivity index (χ1n) is 18.2. The van der Waals surface area contributed by atoms with Crippen molar-refractivity contribution in [2.75, 3.05) is 0 Å². The molecular formula is C52H36S2. The van der Waals surface area contributed by atoms with Crippen LogP contribution in [-0.2, 0) is 0 Å². The minimum absolute atomic E-state index is 1.19. The van der Waals surface area contributed by atoms with E-state index >= 15 is 0 Å². The van der Waals surface area contributed by atoms with Gasteiger partial charge in [0.05, 0.1) is 0 Å². The highest BCUT2D eigenvalue weighted by molar-refractivity contribution is 7.99. The maximum absolute atomic E-state index is 2.28. The molecule has 0 nitrogen and oxygen atoms in total. The fraction of sp³-hybridized carbons (Fsp3) is 0. The molecule has 7 aliphatic heterocycles. The Morgan fingerprint density at radius 2 is 0.333 bits per heavy atom. The zero-order valence-corrected chi connectivity index (χ0v) is 31.2. The van der Waals surface area contributed by atoms with E-state index in [-0.39, 0.29) is 0 Å². The Bertz CT molecular complexity index is 2180. The first-order chi connectivity index (χ1) is 26.8. The van der Waals surface area contributed by atoms with E-state index in [9.17, 15) is 0 Å². The largest absolute Gasteiger partial charge is 0.0901 e. The summed E-state index contributed by atoms with van der Waals surface area (Å²) in [7, 11) is 0. The van der Waals surface area contributed by atoms with Crippen molar-refractivity contribution in [3.8, 4) is 0 Å². The summed E-state index contributed by atoms with van der Waals surface area (Å²) in [6.45, 7) is 0. The van der Waals surface area contributed by atoms with Crippen LogP contribution in [0.5, 0.6) is 0 Å². The van der Waals surface area contributed by atoms with Crippen LogP contribution in [0.2, 0.25) is 0 Å². The van der Waals surface area contributed by atoms with E-state index in [4.69, 9.17) is 0 Å². The highest BCUT2D eigenvalue weighted by Crippen LogP contribution is 2.41. The average molecular weight is 725 g/mol. The van der Waals surface area contributed by atoms with Crippen molar-refractivity contribution in [1.82, 2.24) is 0 Å². The molecule has 0 saturated heterocycles. The van der Waals surface area contributed by atoms with Crippen molar-refractivity contribution in [3.63, 3.8) is 0 Å². The molecule has 8 aromatic rings. The van der Waals surface area contributed by atoms with Crippen LogP contribution in [-0.4, -0.2) is 0 Å². The van der Waals surface area contributed by atoms with Crippen LogP contribution in [0.1, 0.15) is 44.5 Å². The second-order valence-electron chi connectivity index (χ2n) is 13.3. The van der Waals surface area contributed by atoms with Gasteiger partial charge in [-0.2, -0.15) is 0 Å². The quantitative estimate of drug-likeness (QED) is 0.177. The Balaban J connectivity index is 1.25. The van der Waals surface area contributed by atoms with Gasteiger partial charge in [0, 0.05) is 19.6 Å². The van der Waals surface area contributed by atoms with Gasteiger partial charge in [-0.25, -0.2) is 0 Å².